The zero-order chi connectivity index (χ0) is 16.7. The van der Waals surface area contributed by atoms with E-state index >= 15 is 0 Å². The third-order valence-corrected chi connectivity index (χ3v) is 5.63. The van der Waals surface area contributed by atoms with E-state index in [2.05, 4.69) is 36.3 Å². The highest BCUT2D eigenvalue weighted by Gasteiger charge is 2.35. The standard InChI is InChI=1S/C18H36N4O.HI/c1-4-19-17(20-13-15-9-8-12-22(15)5-2)21-14-18(3)11-7-6-10-16(18)23;/h15-16,23H,4-14H2,1-3H3,(H2,19,20,21);1H. The van der Waals surface area contributed by atoms with Crippen LogP contribution >= 0.6 is 24.0 Å². The van der Waals surface area contributed by atoms with E-state index in [1.165, 1.54) is 25.8 Å². The van der Waals surface area contributed by atoms with Crippen LogP contribution in [-0.2, 0) is 0 Å². The second-order valence-electron chi connectivity index (χ2n) is 7.42. The van der Waals surface area contributed by atoms with E-state index in [9.17, 15) is 5.11 Å². The number of halogens is 1. The molecule has 0 amide bonds. The summed E-state index contributed by atoms with van der Waals surface area (Å²) in [6, 6.07) is 0.625. The zero-order valence-electron chi connectivity index (χ0n) is 15.7. The van der Waals surface area contributed by atoms with Crippen molar-refractivity contribution >= 4 is 29.9 Å². The van der Waals surface area contributed by atoms with Gasteiger partial charge in [0.05, 0.1) is 12.6 Å². The molecule has 3 N–H and O–H groups in total. The molecule has 2 fully saturated rings. The Bertz CT molecular complexity index is 393. The molecule has 1 aliphatic carbocycles. The van der Waals surface area contributed by atoms with Crippen LogP contribution in [0.1, 0.15) is 59.3 Å². The number of hydrogen-bond acceptors (Lipinski definition) is 3. The molecule has 0 aromatic heterocycles. The molecule has 0 spiro atoms. The van der Waals surface area contributed by atoms with Gasteiger partial charge in [0.2, 0.25) is 0 Å². The summed E-state index contributed by atoms with van der Waals surface area (Å²) in [5.74, 6) is 0.898. The van der Waals surface area contributed by atoms with Crippen molar-refractivity contribution in [2.24, 2.45) is 10.4 Å². The minimum atomic E-state index is -0.215. The summed E-state index contributed by atoms with van der Waals surface area (Å²) < 4.78 is 0. The Morgan fingerprint density at radius 1 is 1.21 bits per heavy atom. The van der Waals surface area contributed by atoms with Gasteiger partial charge in [-0.3, -0.25) is 9.89 Å². The molecular weight excluding hydrogens is 415 g/mol. The number of guanidine groups is 1. The maximum Gasteiger partial charge on any atom is 0.191 e. The fourth-order valence-electron chi connectivity index (χ4n) is 3.92. The zero-order valence-corrected chi connectivity index (χ0v) is 18.0. The molecule has 0 aromatic carbocycles. The minimum Gasteiger partial charge on any atom is -0.392 e. The second-order valence-corrected chi connectivity index (χ2v) is 7.42. The van der Waals surface area contributed by atoms with Gasteiger partial charge in [0.25, 0.3) is 0 Å². The lowest BCUT2D eigenvalue weighted by molar-refractivity contribution is 0.00716. The number of aliphatic imine (C=N–C) groups is 1. The lowest BCUT2D eigenvalue weighted by Crippen LogP contribution is -2.46. The van der Waals surface area contributed by atoms with Gasteiger partial charge in [0.1, 0.15) is 0 Å². The number of likely N-dealkylation sites (N-methyl/N-ethyl adjacent to an activating group) is 1. The smallest absolute Gasteiger partial charge is 0.191 e. The fraction of sp³-hybridized carbons (Fsp3) is 0.944. The molecule has 1 saturated heterocycles. The van der Waals surface area contributed by atoms with Gasteiger partial charge in [0.15, 0.2) is 5.96 Å². The maximum atomic E-state index is 10.3. The highest BCUT2D eigenvalue weighted by molar-refractivity contribution is 14.0. The van der Waals surface area contributed by atoms with Crippen LogP contribution in [0.3, 0.4) is 0 Å². The summed E-state index contributed by atoms with van der Waals surface area (Å²) in [4.78, 5) is 7.33. The summed E-state index contributed by atoms with van der Waals surface area (Å²) in [6.45, 7) is 11.4. The highest BCUT2D eigenvalue weighted by atomic mass is 127. The maximum absolute atomic E-state index is 10.3. The van der Waals surface area contributed by atoms with Crippen LogP contribution < -0.4 is 10.6 Å². The molecule has 0 aromatic rings. The van der Waals surface area contributed by atoms with E-state index < -0.39 is 0 Å². The number of likely N-dealkylation sites (tertiary alicyclic amines) is 1. The van der Waals surface area contributed by atoms with Crippen LogP contribution in [0.5, 0.6) is 0 Å². The minimum absolute atomic E-state index is 0. The van der Waals surface area contributed by atoms with Crippen LogP contribution in [0.25, 0.3) is 0 Å². The topological polar surface area (TPSA) is 59.9 Å². The van der Waals surface area contributed by atoms with Crippen LogP contribution in [0, 0.1) is 5.41 Å². The predicted octanol–water partition coefficient (Wildman–Crippen LogP) is 2.59. The van der Waals surface area contributed by atoms with Gasteiger partial charge < -0.3 is 15.7 Å². The van der Waals surface area contributed by atoms with Crippen molar-refractivity contribution in [2.75, 3.05) is 32.7 Å². The predicted molar refractivity (Wildman–Crippen MR) is 112 cm³/mol. The van der Waals surface area contributed by atoms with Gasteiger partial charge in [-0.25, -0.2) is 0 Å². The van der Waals surface area contributed by atoms with Crippen LogP contribution in [0.2, 0.25) is 0 Å². The van der Waals surface area contributed by atoms with Crippen LogP contribution in [0.15, 0.2) is 4.99 Å². The molecule has 1 heterocycles. The van der Waals surface area contributed by atoms with E-state index in [1.54, 1.807) is 0 Å². The first-order chi connectivity index (χ1) is 11.1. The summed E-state index contributed by atoms with van der Waals surface area (Å²) in [5.41, 5.74) is -0.0661. The fourth-order valence-corrected chi connectivity index (χ4v) is 3.92. The van der Waals surface area contributed by atoms with E-state index in [4.69, 9.17) is 4.99 Å². The summed E-state index contributed by atoms with van der Waals surface area (Å²) in [7, 11) is 0. The largest absolute Gasteiger partial charge is 0.392 e. The molecule has 24 heavy (non-hydrogen) atoms. The van der Waals surface area contributed by atoms with Gasteiger partial charge in [-0.2, -0.15) is 0 Å². The van der Waals surface area contributed by atoms with E-state index in [1.807, 2.05) is 0 Å². The van der Waals surface area contributed by atoms with Gasteiger partial charge >= 0.3 is 0 Å². The molecule has 2 aliphatic rings. The SMILES string of the molecule is CCNC(=NCC1(C)CCCCC1O)NCC1CCCN1CC.I. The number of nitrogens with zero attached hydrogens (tertiary/aromatic N) is 2. The average molecular weight is 452 g/mol. The monoisotopic (exact) mass is 452 g/mol. The Morgan fingerprint density at radius 2 is 2.00 bits per heavy atom. The van der Waals surface area contributed by atoms with Gasteiger partial charge in [-0.15, -0.1) is 24.0 Å². The Balaban J connectivity index is 0.00000288. The molecule has 142 valence electrons. The number of aliphatic hydroxyl groups is 1. The Hall–Kier alpha value is -0.0800. The molecule has 1 aliphatic heterocycles. The number of nitrogens with one attached hydrogen (secondary N) is 2. The first kappa shape index (κ1) is 22.0. The van der Waals surface area contributed by atoms with Crippen molar-refractivity contribution in [2.45, 2.75) is 71.4 Å². The Morgan fingerprint density at radius 3 is 2.67 bits per heavy atom. The number of aliphatic hydroxyl groups excluding tert-OH is 1. The lowest BCUT2D eigenvalue weighted by atomic mass is 9.73. The van der Waals surface area contributed by atoms with Gasteiger partial charge in [-0.05, 0) is 45.7 Å². The third kappa shape index (κ3) is 6.02. The summed E-state index contributed by atoms with van der Waals surface area (Å²) in [5, 5.41) is 17.2. The third-order valence-electron chi connectivity index (χ3n) is 5.63. The molecule has 1 saturated carbocycles. The highest BCUT2D eigenvalue weighted by Crippen LogP contribution is 2.36. The first-order valence-electron chi connectivity index (χ1n) is 9.53. The van der Waals surface area contributed by atoms with E-state index in [0.29, 0.717) is 12.6 Å². The lowest BCUT2D eigenvalue weighted by Gasteiger charge is -2.37. The first-order valence-corrected chi connectivity index (χ1v) is 9.53. The van der Waals surface area contributed by atoms with E-state index in [0.717, 1.165) is 44.9 Å². The van der Waals surface area contributed by atoms with Crippen molar-refractivity contribution < 1.29 is 5.11 Å². The van der Waals surface area contributed by atoms with Crippen LogP contribution in [-0.4, -0.2) is 60.8 Å². The molecule has 3 unspecified atom stereocenters. The summed E-state index contributed by atoms with van der Waals surface area (Å²) >= 11 is 0. The normalized spacial score (nSPS) is 31.6. The average Bonchev–Trinajstić information content (AvgIpc) is 3.01. The van der Waals surface area contributed by atoms with Crippen LogP contribution in [0.4, 0.5) is 0 Å². The second kappa shape index (κ2) is 10.8. The Labute approximate surface area is 165 Å². The number of hydrogen-bond donors (Lipinski definition) is 3. The van der Waals surface area contributed by atoms with Crippen molar-refractivity contribution in [3.8, 4) is 0 Å². The quantitative estimate of drug-likeness (QED) is 0.330. The molecule has 0 radical (unpaired) electrons. The molecule has 0 bridgehead atoms. The van der Waals surface area contributed by atoms with Crippen molar-refractivity contribution in [1.82, 2.24) is 15.5 Å². The van der Waals surface area contributed by atoms with Crippen molar-refractivity contribution in [3.63, 3.8) is 0 Å². The number of rotatable bonds is 6. The summed E-state index contributed by atoms with van der Waals surface area (Å²) in [6.07, 6.45) is 6.71. The molecule has 2 rings (SSSR count). The van der Waals surface area contributed by atoms with Gasteiger partial charge in [0, 0.05) is 24.5 Å². The van der Waals surface area contributed by atoms with Crippen molar-refractivity contribution in [3.05, 3.63) is 0 Å². The Kier molecular flexibility index (Phi) is 9.89. The molecule has 6 heteroatoms. The molecule has 5 nitrogen and oxygen atoms in total. The van der Waals surface area contributed by atoms with Gasteiger partial charge in [-0.1, -0.05) is 26.7 Å². The van der Waals surface area contributed by atoms with Crippen molar-refractivity contribution in [1.29, 1.82) is 0 Å². The van der Waals surface area contributed by atoms with E-state index in [-0.39, 0.29) is 35.5 Å². The molecular formula is C18H37IN4O. The molecule has 3 atom stereocenters.